The molecule has 17 heavy (non-hydrogen) atoms. The van der Waals surface area contributed by atoms with Crippen molar-refractivity contribution in [3.05, 3.63) is 16.8 Å². The average Bonchev–Trinajstić information content (AvgIpc) is 2.79. The molecular formula is C11H15N3O2S. The second kappa shape index (κ2) is 4.37. The van der Waals surface area contributed by atoms with E-state index in [9.17, 15) is 4.79 Å². The normalized spacial score (nSPS) is 11.3. The number of anilines is 1. The summed E-state index contributed by atoms with van der Waals surface area (Å²) in [7, 11) is 0. The number of rotatable bonds is 3. The van der Waals surface area contributed by atoms with Crippen molar-refractivity contribution in [1.29, 1.82) is 0 Å². The van der Waals surface area contributed by atoms with Gasteiger partial charge in [0, 0.05) is 11.1 Å². The topological polar surface area (TPSA) is 69.6 Å². The summed E-state index contributed by atoms with van der Waals surface area (Å²) >= 11 is 1.48. The van der Waals surface area contributed by atoms with Crippen LogP contribution in [-0.2, 0) is 4.74 Å². The van der Waals surface area contributed by atoms with E-state index in [1.54, 1.807) is 6.92 Å². The van der Waals surface area contributed by atoms with E-state index in [-0.39, 0.29) is 5.69 Å². The van der Waals surface area contributed by atoms with Crippen molar-refractivity contribution in [2.75, 3.05) is 12.3 Å². The van der Waals surface area contributed by atoms with Crippen molar-refractivity contribution >= 4 is 28.1 Å². The number of esters is 1. The molecule has 0 radical (unpaired) electrons. The summed E-state index contributed by atoms with van der Waals surface area (Å²) in [6.45, 7) is 6.22. The Labute approximate surface area is 103 Å². The molecule has 0 aromatic carbocycles. The minimum atomic E-state index is -0.462. The molecule has 0 aliphatic rings. The molecule has 0 bridgehead atoms. The van der Waals surface area contributed by atoms with E-state index in [1.807, 2.05) is 9.78 Å². The van der Waals surface area contributed by atoms with Gasteiger partial charge in [-0.1, -0.05) is 13.8 Å². The van der Waals surface area contributed by atoms with Crippen molar-refractivity contribution < 1.29 is 9.53 Å². The maximum Gasteiger partial charge on any atom is 0.360 e. The first-order valence-corrected chi connectivity index (χ1v) is 6.36. The van der Waals surface area contributed by atoms with Gasteiger partial charge in [-0.2, -0.15) is 0 Å². The number of aromatic nitrogens is 2. The minimum absolute atomic E-state index is 0.209. The van der Waals surface area contributed by atoms with Crippen LogP contribution in [0.4, 0.5) is 5.82 Å². The second-order valence-electron chi connectivity index (χ2n) is 4.00. The fourth-order valence-electron chi connectivity index (χ4n) is 1.65. The lowest BCUT2D eigenvalue weighted by Crippen LogP contribution is -2.09. The highest BCUT2D eigenvalue weighted by molar-refractivity contribution is 7.15. The monoisotopic (exact) mass is 253 g/mol. The maximum atomic E-state index is 11.6. The molecular weight excluding hydrogens is 238 g/mol. The zero-order valence-electron chi connectivity index (χ0n) is 10.1. The van der Waals surface area contributed by atoms with E-state index in [0.717, 1.165) is 10.7 Å². The van der Waals surface area contributed by atoms with Gasteiger partial charge in [-0.25, -0.2) is 9.78 Å². The van der Waals surface area contributed by atoms with Gasteiger partial charge >= 0.3 is 5.97 Å². The first kappa shape index (κ1) is 11.9. The molecule has 0 saturated carbocycles. The van der Waals surface area contributed by atoms with Crippen LogP contribution in [0.1, 0.15) is 42.9 Å². The van der Waals surface area contributed by atoms with Crippen LogP contribution in [0.3, 0.4) is 0 Å². The Kier molecular flexibility index (Phi) is 3.06. The van der Waals surface area contributed by atoms with Gasteiger partial charge in [0.25, 0.3) is 0 Å². The fraction of sp³-hybridized carbons (Fsp3) is 0.455. The van der Waals surface area contributed by atoms with Crippen LogP contribution < -0.4 is 5.73 Å². The third kappa shape index (κ3) is 1.88. The number of hydrogen-bond donors (Lipinski definition) is 1. The lowest BCUT2D eigenvalue weighted by Gasteiger charge is -2.04. The smallest absolute Gasteiger partial charge is 0.360 e. The first-order chi connectivity index (χ1) is 8.06. The highest BCUT2D eigenvalue weighted by Crippen LogP contribution is 2.27. The molecule has 0 aliphatic carbocycles. The van der Waals surface area contributed by atoms with E-state index in [0.29, 0.717) is 18.3 Å². The summed E-state index contributed by atoms with van der Waals surface area (Å²) in [4.78, 5) is 16.6. The summed E-state index contributed by atoms with van der Waals surface area (Å²) in [6, 6.07) is 0. The predicted octanol–water partition coefficient (Wildman–Crippen LogP) is 2.28. The Balaban J connectivity index is 2.54. The standard InChI is InChI=1S/C11H15N3O2S/c1-4-16-10(15)8-9(12)14-7(6(2)3)5-17-11(14)13-8/h5-6H,4,12H2,1-3H3. The van der Waals surface area contributed by atoms with Crippen molar-refractivity contribution in [2.45, 2.75) is 26.7 Å². The molecule has 2 rings (SSSR count). The fourth-order valence-corrected chi connectivity index (χ4v) is 2.71. The number of nitrogens with zero attached hydrogens (tertiary/aromatic N) is 2. The molecule has 2 aromatic heterocycles. The van der Waals surface area contributed by atoms with Crippen molar-refractivity contribution in [2.24, 2.45) is 0 Å². The zero-order valence-corrected chi connectivity index (χ0v) is 10.9. The summed E-state index contributed by atoms with van der Waals surface area (Å²) in [5.74, 6) is 0.231. The number of carbonyl (C=O) groups is 1. The summed E-state index contributed by atoms with van der Waals surface area (Å²) < 4.78 is 6.74. The van der Waals surface area contributed by atoms with E-state index < -0.39 is 5.97 Å². The van der Waals surface area contributed by atoms with Crippen molar-refractivity contribution in [3.8, 4) is 0 Å². The largest absolute Gasteiger partial charge is 0.461 e. The summed E-state index contributed by atoms with van der Waals surface area (Å²) in [5.41, 5.74) is 7.23. The van der Waals surface area contributed by atoms with E-state index in [1.165, 1.54) is 11.3 Å². The minimum Gasteiger partial charge on any atom is -0.461 e. The average molecular weight is 253 g/mol. The Morgan fingerprint density at radius 2 is 2.35 bits per heavy atom. The van der Waals surface area contributed by atoms with E-state index in [4.69, 9.17) is 10.5 Å². The van der Waals surface area contributed by atoms with Crippen LogP contribution in [-0.4, -0.2) is 22.0 Å². The van der Waals surface area contributed by atoms with Gasteiger partial charge in [0.2, 0.25) is 0 Å². The number of nitrogens with two attached hydrogens (primary N) is 1. The zero-order chi connectivity index (χ0) is 12.6. The van der Waals surface area contributed by atoms with Crippen LogP contribution in [0.2, 0.25) is 0 Å². The Hall–Kier alpha value is -1.56. The van der Waals surface area contributed by atoms with Gasteiger partial charge in [-0.05, 0) is 12.8 Å². The molecule has 0 saturated heterocycles. The molecule has 2 N–H and O–H groups in total. The lowest BCUT2D eigenvalue weighted by atomic mass is 10.1. The molecule has 0 amide bonds. The van der Waals surface area contributed by atoms with Gasteiger partial charge in [-0.3, -0.25) is 4.40 Å². The molecule has 0 spiro atoms. The first-order valence-electron chi connectivity index (χ1n) is 5.48. The second-order valence-corrected chi connectivity index (χ2v) is 4.84. The predicted molar refractivity (Wildman–Crippen MR) is 67.5 cm³/mol. The molecule has 6 heteroatoms. The number of nitrogen functional groups attached to an aromatic ring is 1. The van der Waals surface area contributed by atoms with E-state index in [2.05, 4.69) is 18.8 Å². The molecule has 5 nitrogen and oxygen atoms in total. The molecule has 0 atom stereocenters. The Morgan fingerprint density at radius 1 is 1.65 bits per heavy atom. The Bertz CT molecular complexity index is 556. The van der Waals surface area contributed by atoms with Crippen LogP contribution in [0.15, 0.2) is 5.38 Å². The summed E-state index contributed by atoms with van der Waals surface area (Å²) in [6.07, 6.45) is 0. The Morgan fingerprint density at radius 3 is 2.94 bits per heavy atom. The molecule has 2 heterocycles. The van der Waals surface area contributed by atoms with Crippen LogP contribution in [0, 0.1) is 0 Å². The molecule has 0 aliphatic heterocycles. The maximum absolute atomic E-state index is 11.6. The van der Waals surface area contributed by atoms with Crippen molar-refractivity contribution in [3.63, 3.8) is 0 Å². The molecule has 0 fully saturated rings. The summed E-state index contributed by atoms with van der Waals surface area (Å²) in [5, 5.41) is 2.01. The van der Waals surface area contributed by atoms with Crippen LogP contribution in [0.25, 0.3) is 4.96 Å². The number of imidazole rings is 1. The van der Waals surface area contributed by atoms with Gasteiger partial charge in [0.15, 0.2) is 10.7 Å². The van der Waals surface area contributed by atoms with Gasteiger partial charge < -0.3 is 10.5 Å². The van der Waals surface area contributed by atoms with Gasteiger partial charge in [-0.15, -0.1) is 11.3 Å². The highest BCUT2D eigenvalue weighted by Gasteiger charge is 2.21. The third-order valence-corrected chi connectivity index (χ3v) is 3.33. The number of ether oxygens (including phenoxy) is 1. The lowest BCUT2D eigenvalue weighted by molar-refractivity contribution is 0.0521. The quantitative estimate of drug-likeness (QED) is 0.852. The number of fused-ring (bicyclic) bond motifs is 1. The molecule has 2 aromatic rings. The number of thiazole rings is 1. The third-order valence-electron chi connectivity index (χ3n) is 2.49. The number of carbonyl (C=O) groups excluding carboxylic acids is 1. The SMILES string of the molecule is CCOC(=O)c1nc2scc(C(C)C)n2c1N. The van der Waals surface area contributed by atoms with Crippen LogP contribution in [0.5, 0.6) is 0 Å². The van der Waals surface area contributed by atoms with Gasteiger partial charge in [0.05, 0.1) is 6.61 Å². The van der Waals surface area contributed by atoms with Crippen LogP contribution >= 0.6 is 11.3 Å². The highest BCUT2D eigenvalue weighted by atomic mass is 32.1. The molecule has 0 unspecified atom stereocenters. The number of hydrogen-bond acceptors (Lipinski definition) is 5. The van der Waals surface area contributed by atoms with E-state index >= 15 is 0 Å². The van der Waals surface area contributed by atoms with Crippen molar-refractivity contribution in [1.82, 2.24) is 9.38 Å². The molecule has 92 valence electrons. The van der Waals surface area contributed by atoms with Gasteiger partial charge in [0.1, 0.15) is 5.82 Å².